The van der Waals surface area contributed by atoms with Crippen molar-refractivity contribution in [1.82, 2.24) is 14.3 Å². The second-order valence-corrected chi connectivity index (χ2v) is 5.27. The summed E-state index contributed by atoms with van der Waals surface area (Å²) in [6, 6.07) is 3.03. The molecule has 19 heavy (non-hydrogen) atoms. The average molecular weight is 279 g/mol. The first-order valence-electron chi connectivity index (χ1n) is 6.49. The highest BCUT2D eigenvalue weighted by Gasteiger charge is 2.13. The van der Waals surface area contributed by atoms with Gasteiger partial charge in [-0.05, 0) is 30.1 Å². The molecule has 5 nitrogen and oxygen atoms in total. The lowest BCUT2D eigenvalue weighted by Gasteiger charge is -2.03. The molecule has 102 valence electrons. The number of amides is 1. The molecule has 0 fully saturated rings. The molecule has 0 spiro atoms. The molecule has 0 atom stereocenters. The van der Waals surface area contributed by atoms with Gasteiger partial charge in [0.25, 0.3) is 5.56 Å². The van der Waals surface area contributed by atoms with Crippen LogP contribution < -0.4 is 10.9 Å². The average Bonchev–Trinajstić information content (AvgIpc) is 2.76. The van der Waals surface area contributed by atoms with Crippen molar-refractivity contribution in [3.63, 3.8) is 0 Å². The van der Waals surface area contributed by atoms with Crippen LogP contribution in [0.1, 0.15) is 32.6 Å². The van der Waals surface area contributed by atoms with Crippen molar-refractivity contribution < 1.29 is 4.79 Å². The SMILES string of the molecule is CCCCCCNC(=O)n1sc2ncccc2c1=O. The summed E-state index contributed by atoms with van der Waals surface area (Å²) < 4.78 is 1.14. The van der Waals surface area contributed by atoms with E-state index in [1.807, 2.05) is 0 Å². The maximum Gasteiger partial charge on any atom is 0.338 e. The van der Waals surface area contributed by atoms with Crippen molar-refractivity contribution in [3.8, 4) is 0 Å². The van der Waals surface area contributed by atoms with Gasteiger partial charge < -0.3 is 5.32 Å². The Bertz CT molecular complexity index is 618. The van der Waals surface area contributed by atoms with E-state index in [2.05, 4.69) is 17.2 Å². The summed E-state index contributed by atoms with van der Waals surface area (Å²) in [5.41, 5.74) is -0.292. The van der Waals surface area contributed by atoms with E-state index in [-0.39, 0.29) is 11.6 Å². The van der Waals surface area contributed by atoms with Crippen LogP contribution in [0, 0.1) is 0 Å². The van der Waals surface area contributed by atoms with Gasteiger partial charge in [-0.15, -0.1) is 0 Å². The fraction of sp³-hybridized carbons (Fsp3) is 0.462. The van der Waals surface area contributed by atoms with Gasteiger partial charge in [-0.1, -0.05) is 26.2 Å². The molecule has 2 aromatic heterocycles. The van der Waals surface area contributed by atoms with Crippen LogP contribution in [-0.4, -0.2) is 21.5 Å². The summed E-state index contributed by atoms with van der Waals surface area (Å²) >= 11 is 1.08. The van der Waals surface area contributed by atoms with Crippen LogP contribution in [0.3, 0.4) is 0 Å². The van der Waals surface area contributed by atoms with Crippen molar-refractivity contribution >= 4 is 27.8 Å². The Morgan fingerprint density at radius 1 is 1.42 bits per heavy atom. The summed E-state index contributed by atoms with van der Waals surface area (Å²) in [5.74, 6) is 0. The Morgan fingerprint density at radius 3 is 3.00 bits per heavy atom. The van der Waals surface area contributed by atoms with Crippen LogP contribution in [0.4, 0.5) is 4.79 Å². The number of nitrogens with one attached hydrogen (secondary N) is 1. The lowest BCUT2D eigenvalue weighted by molar-refractivity contribution is 0.243. The predicted molar refractivity (Wildman–Crippen MR) is 76.8 cm³/mol. The van der Waals surface area contributed by atoms with Gasteiger partial charge in [-0.2, -0.15) is 3.96 Å². The molecule has 1 amide bonds. The molecule has 0 aliphatic rings. The number of carbonyl (C=O) groups excluding carboxylic acids is 1. The molecule has 0 aromatic carbocycles. The van der Waals surface area contributed by atoms with Gasteiger partial charge in [-0.3, -0.25) is 4.79 Å². The van der Waals surface area contributed by atoms with Gasteiger partial charge in [0, 0.05) is 12.7 Å². The monoisotopic (exact) mass is 279 g/mol. The number of nitrogens with zero attached hydrogens (tertiary/aromatic N) is 2. The lowest BCUT2D eigenvalue weighted by atomic mass is 10.2. The third-order valence-corrected chi connectivity index (χ3v) is 3.87. The van der Waals surface area contributed by atoms with Crippen molar-refractivity contribution in [2.45, 2.75) is 32.6 Å². The number of hydrogen-bond donors (Lipinski definition) is 1. The summed E-state index contributed by atoms with van der Waals surface area (Å²) in [4.78, 5) is 28.6. The van der Waals surface area contributed by atoms with Crippen LogP contribution in [0.25, 0.3) is 10.2 Å². The Labute approximate surface area is 115 Å². The fourth-order valence-corrected chi connectivity index (χ4v) is 2.68. The van der Waals surface area contributed by atoms with E-state index in [0.717, 1.165) is 34.8 Å². The highest BCUT2D eigenvalue weighted by molar-refractivity contribution is 7.14. The molecule has 0 bridgehead atoms. The van der Waals surface area contributed by atoms with E-state index in [9.17, 15) is 9.59 Å². The van der Waals surface area contributed by atoms with E-state index >= 15 is 0 Å². The second kappa shape index (κ2) is 6.47. The molecule has 0 saturated heterocycles. The van der Waals surface area contributed by atoms with Crippen LogP contribution in [0.5, 0.6) is 0 Å². The zero-order valence-electron chi connectivity index (χ0n) is 10.9. The molecule has 6 heteroatoms. The summed E-state index contributed by atoms with van der Waals surface area (Å²) in [6.07, 6.45) is 5.99. The Hall–Kier alpha value is -1.69. The summed E-state index contributed by atoms with van der Waals surface area (Å²) in [5, 5.41) is 3.26. The number of rotatable bonds is 5. The maximum atomic E-state index is 12.0. The number of carbonyl (C=O) groups is 1. The molecular weight excluding hydrogens is 262 g/mol. The van der Waals surface area contributed by atoms with E-state index in [4.69, 9.17) is 0 Å². The first-order chi connectivity index (χ1) is 9.24. The zero-order valence-corrected chi connectivity index (χ0v) is 11.7. The Kier molecular flexibility index (Phi) is 4.68. The number of aromatic nitrogens is 2. The molecule has 2 rings (SSSR count). The minimum Gasteiger partial charge on any atom is -0.337 e. The van der Waals surface area contributed by atoms with Gasteiger partial charge in [0.2, 0.25) is 0 Å². The molecule has 0 radical (unpaired) electrons. The number of hydrogen-bond acceptors (Lipinski definition) is 4. The highest BCUT2D eigenvalue weighted by atomic mass is 32.1. The van der Waals surface area contributed by atoms with E-state index in [1.165, 1.54) is 6.42 Å². The molecule has 1 N–H and O–H groups in total. The topological polar surface area (TPSA) is 64.0 Å². The van der Waals surface area contributed by atoms with Gasteiger partial charge in [0.15, 0.2) is 0 Å². The van der Waals surface area contributed by atoms with Gasteiger partial charge >= 0.3 is 6.03 Å². The molecule has 0 aliphatic heterocycles. The van der Waals surface area contributed by atoms with Crippen molar-refractivity contribution in [3.05, 3.63) is 28.7 Å². The van der Waals surface area contributed by atoms with Gasteiger partial charge in [0.05, 0.1) is 5.39 Å². The summed E-state index contributed by atoms with van der Waals surface area (Å²) in [6.45, 7) is 2.75. The van der Waals surface area contributed by atoms with E-state index in [1.54, 1.807) is 18.3 Å². The Balaban J connectivity index is 2.01. The minimum absolute atomic E-state index is 0.292. The van der Waals surface area contributed by atoms with E-state index < -0.39 is 0 Å². The van der Waals surface area contributed by atoms with Crippen LogP contribution in [0.15, 0.2) is 23.1 Å². The van der Waals surface area contributed by atoms with Crippen LogP contribution in [-0.2, 0) is 0 Å². The quantitative estimate of drug-likeness (QED) is 0.856. The normalized spacial score (nSPS) is 10.8. The van der Waals surface area contributed by atoms with Crippen molar-refractivity contribution in [2.24, 2.45) is 0 Å². The predicted octanol–water partition coefficient (Wildman–Crippen LogP) is 2.60. The molecule has 2 heterocycles. The lowest BCUT2D eigenvalue weighted by Crippen LogP contribution is -2.33. The van der Waals surface area contributed by atoms with Crippen LogP contribution in [0.2, 0.25) is 0 Å². The number of pyridine rings is 1. The second-order valence-electron chi connectivity index (χ2n) is 4.34. The van der Waals surface area contributed by atoms with Crippen molar-refractivity contribution in [2.75, 3.05) is 6.54 Å². The van der Waals surface area contributed by atoms with E-state index in [0.29, 0.717) is 16.8 Å². The summed E-state index contributed by atoms with van der Waals surface area (Å²) in [7, 11) is 0. The van der Waals surface area contributed by atoms with Crippen molar-refractivity contribution in [1.29, 1.82) is 0 Å². The standard InChI is InChI=1S/C13H17N3O2S/c1-2-3-4-5-8-15-13(18)16-12(17)10-7-6-9-14-11(10)19-16/h6-7,9H,2-5,8H2,1H3,(H,15,18). The molecular formula is C13H17N3O2S. The smallest absolute Gasteiger partial charge is 0.337 e. The largest absolute Gasteiger partial charge is 0.338 e. The number of fused-ring (bicyclic) bond motifs is 1. The first kappa shape index (κ1) is 13.7. The maximum absolute atomic E-state index is 12.0. The number of unbranched alkanes of at least 4 members (excludes halogenated alkanes) is 3. The molecule has 0 saturated carbocycles. The third-order valence-electron chi connectivity index (χ3n) is 2.85. The Morgan fingerprint density at radius 2 is 2.26 bits per heavy atom. The minimum atomic E-state index is -0.357. The van der Waals surface area contributed by atoms with Crippen LogP contribution >= 0.6 is 11.5 Å². The highest BCUT2D eigenvalue weighted by Crippen LogP contribution is 2.12. The first-order valence-corrected chi connectivity index (χ1v) is 7.26. The fourth-order valence-electron chi connectivity index (χ4n) is 1.82. The zero-order chi connectivity index (χ0) is 13.7. The molecule has 2 aromatic rings. The third kappa shape index (κ3) is 3.20. The van der Waals surface area contributed by atoms with Gasteiger partial charge in [0.1, 0.15) is 4.83 Å². The molecule has 0 aliphatic carbocycles. The molecule has 0 unspecified atom stereocenters. The van der Waals surface area contributed by atoms with Gasteiger partial charge in [-0.25, -0.2) is 9.78 Å².